The lowest BCUT2D eigenvalue weighted by atomic mass is 9.98. The van der Waals surface area contributed by atoms with Gasteiger partial charge in [0.1, 0.15) is 6.61 Å². The molecular weight excluding hydrogens is 294 g/mol. The molecule has 1 amide bonds. The molecule has 3 fully saturated rings. The van der Waals surface area contributed by atoms with Crippen LogP contribution < -0.4 is 0 Å². The van der Waals surface area contributed by atoms with Crippen molar-refractivity contribution in [2.75, 3.05) is 13.2 Å². The second-order valence-corrected chi connectivity index (χ2v) is 7.08. The Balaban J connectivity index is 1.35. The van der Waals surface area contributed by atoms with E-state index in [4.69, 9.17) is 9.26 Å². The van der Waals surface area contributed by atoms with E-state index < -0.39 is 0 Å². The van der Waals surface area contributed by atoms with Crippen molar-refractivity contribution in [3.8, 4) is 0 Å². The highest BCUT2D eigenvalue weighted by molar-refractivity contribution is 5.78. The first-order chi connectivity index (χ1) is 11.3. The average Bonchev–Trinajstić information content (AvgIpc) is 3.12. The number of carbonyl (C=O) groups is 1. The van der Waals surface area contributed by atoms with Gasteiger partial charge in [-0.2, -0.15) is 4.98 Å². The summed E-state index contributed by atoms with van der Waals surface area (Å²) in [5.41, 5.74) is 0. The molecule has 0 radical (unpaired) electrons. The summed E-state index contributed by atoms with van der Waals surface area (Å²) in [6.45, 7) is 0.958. The van der Waals surface area contributed by atoms with Crippen molar-refractivity contribution in [3.05, 3.63) is 11.7 Å². The lowest BCUT2D eigenvalue weighted by molar-refractivity contribution is -0.140. The maximum Gasteiger partial charge on any atom is 0.249 e. The third kappa shape index (κ3) is 3.42. The molecule has 0 aromatic carbocycles. The first-order valence-corrected chi connectivity index (χ1v) is 9.06. The number of aromatic nitrogens is 2. The highest BCUT2D eigenvalue weighted by atomic mass is 16.5. The van der Waals surface area contributed by atoms with E-state index in [2.05, 4.69) is 10.1 Å². The Kier molecular flexibility index (Phi) is 4.33. The molecule has 0 N–H and O–H groups in total. The highest BCUT2D eigenvalue weighted by Gasteiger charge is 2.36. The first-order valence-electron chi connectivity index (χ1n) is 9.06. The number of amides is 1. The summed E-state index contributed by atoms with van der Waals surface area (Å²) < 4.78 is 11.2. The SMILES string of the molecule is O=C(COC1CCCCC1)N1CCC[C@H]1c1noc(C2CC2)n1. The molecule has 126 valence electrons. The van der Waals surface area contributed by atoms with Crippen LogP contribution in [0, 0.1) is 0 Å². The number of ether oxygens (including phenoxy) is 1. The molecule has 6 nitrogen and oxygen atoms in total. The number of likely N-dealkylation sites (tertiary alicyclic amines) is 1. The molecule has 6 heteroatoms. The Bertz CT molecular complexity index is 549. The van der Waals surface area contributed by atoms with Crippen LogP contribution in [0.1, 0.15) is 81.5 Å². The summed E-state index contributed by atoms with van der Waals surface area (Å²) in [7, 11) is 0. The van der Waals surface area contributed by atoms with E-state index in [1.54, 1.807) is 0 Å². The Morgan fingerprint density at radius 1 is 1.13 bits per heavy atom. The monoisotopic (exact) mass is 319 g/mol. The number of hydrogen-bond donors (Lipinski definition) is 0. The maximum absolute atomic E-state index is 12.5. The molecule has 2 saturated carbocycles. The van der Waals surface area contributed by atoms with Gasteiger partial charge in [-0.3, -0.25) is 4.79 Å². The van der Waals surface area contributed by atoms with Crippen LogP contribution in [-0.2, 0) is 9.53 Å². The van der Waals surface area contributed by atoms with Crippen LogP contribution in [0.5, 0.6) is 0 Å². The Morgan fingerprint density at radius 3 is 2.74 bits per heavy atom. The van der Waals surface area contributed by atoms with Crippen LogP contribution in [0.25, 0.3) is 0 Å². The molecular formula is C17H25N3O3. The molecule has 1 atom stereocenters. The summed E-state index contributed by atoms with van der Waals surface area (Å²) in [5.74, 6) is 1.94. The second-order valence-electron chi connectivity index (χ2n) is 7.08. The minimum atomic E-state index is -0.0336. The van der Waals surface area contributed by atoms with Crippen LogP contribution in [-0.4, -0.2) is 40.2 Å². The smallest absolute Gasteiger partial charge is 0.249 e. The van der Waals surface area contributed by atoms with E-state index in [1.165, 1.54) is 19.3 Å². The molecule has 0 bridgehead atoms. The van der Waals surface area contributed by atoms with Gasteiger partial charge in [-0.25, -0.2) is 0 Å². The fourth-order valence-electron chi connectivity index (χ4n) is 3.72. The van der Waals surface area contributed by atoms with Gasteiger partial charge in [0.15, 0.2) is 5.82 Å². The van der Waals surface area contributed by atoms with Crippen LogP contribution in [0.2, 0.25) is 0 Å². The summed E-state index contributed by atoms with van der Waals surface area (Å²) in [4.78, 5) is 18.9. The maximum atomic E-state index is 12.5. The predicted octanol–water partition coefficient (Wildman–Crippen LogP) is 2.96. The molecule has 0 spiro atoms. The molecule has 0 unspecified atom stereocenters. The van der Waals surface area contributed by atoms with Gasteiger partial charge >= 0.3 is 0 Å². The summed E-state index contributed by atoms with van der Waals surface area (Å²) in [6.07, 6.45) is 10.4. The fourth-order valence-corrected chi connectivity index (χ4v) is 3.72. The summed E-state index contributed by atoms with van der Waals surface area (Å²) in [6, 6.07) is -0.0336. The van der Waals surface area contributed by atoms with E-state index in [0.29, 0.717) is 11.7 Å². The van der Waals surface area contributed by atoms with E-state index in [9.17, 15) is 4.79 Å². The van der Waals surface area contributed by atoms with Gasteiger partial charge in [-0.15, -0.1) is 0 Å². The lowest BCUT2D eigenvalue weighted by Gasteiger charge is -2.25. The highest BCUT2D eigenvalue weighted by Crippen LogP contribution is 2.40. The number of nitrogens with zero attached hydrogens (tertiary/aromatic N) is 3. The molecule has 2 aliphatic carbocycles. The molecule has 2 heterocycles. The average molecular weight is 319 g/mol. The Morgan fingerprint density at radius 2 is 1.96 bits per heavy atom. The van der Waals surface area contributed by atoms with E-state index in [1.807, 2.05) is 4.90 Å². The Hall–Kier alpha value is -1.43. The van der Waals surface area contributed by atoms with Gasteiger partial charge < -0.3 is 14.2 Å². The largest absolute Gasteiger partial charge is 0.368 e. The van der Waals surface area contributed by atoms with Gasteiger partial charge in [0.05, 0.1) is 12.1 Å². The molecule has 1 saturated heterocycles. The third-order valence-electron chi connectivity index (χ3n) is 5.25. The zero-order chi connectivity index (χ0) is 15.6. The Labute approximate surface area is 136 Å². The van der Waals surface area contributed by atoms with Crippen molar-refractivity contribution in [2.45, 2.75) is 75.9 Å². The van der Waals surface area contributed by atoms with Crippen molar-refractivity contribution < 1.29 is 14.1 Å². The summed E-state index contributed by atoms with van der Waals surface area (Å²) >= 11 is 0. The van der Waals surface area contributed by atoms with E-state index >= 15 is 0 Å². The minimum absolute atomic E-state index is 0.0336. The zero-order valence-electron chi connectivity index (χ0n) is 13.6. The van der Waals surface area contributed by atoms with Crippen molar-refractivity contribution in [3.63, 3.8) is 0 Å². The number of rotatable bonds is 5. The molecule has 1 aromatic heterocycles. The van der Waals surface area contributed by atoms with Crippen molar-refractivity contribution in [1.29, 1.82) is 0 Å². The first kappa shape index (κ1) is 15.1. The molecule has 3 aliphatic rings. The van der Waals surface area contributed by atoms with E-state index in [0.717, 1.165) is 51.0 Å². The number of hydrogen-bond acceptors (Lipinski definition) is 5. The molecule has 4 rings (SSSR count). The fraction of sp³-hybridized carbons (Fsp3) is 0.824. The zero-order valence-corrected chi connectivity index (χ0v) is 13.6. The predicted molar refractivity (Wildman–Crippen MR) is 82.8 cm³/mol. The van der Waals surface area contributed by atoms with Crippen LogP contribution in [0.3, 0.4) is 0 Å². The van der Waals surface area contributed by atoms with Gasteiger partial charge in [0.25, 0.3) is 0 Å². The van der Waals surface area contributed by atoms with Crippen LogP contribution in [0.4, 0.5) is 0 Å². The molecule has 1 aromatic rings. The van der Waals surface area contributed by atoms with Gasteiger partial charge in [0.2, 0.25) is 11.8 Å². The lowest BCUT2D eigenvalue weighted by Crippen LogP contribution is -2.35. The van der Waals surface area contributed by atoms with Gasteiger partial charge in [-0.1, -0.05) is 24.4 Å². The second kappa shape index (κ2) is 6.59. The standard InChI is InChI=1S/C17H25N3O3/c21-15(11-22-13-5-2-1-3-6-13)20-10-4-7-14(20)16-18-17(23-19-16)12-8-9-12/h12-14H,1-11H2/t14-/m0/s1. The number of carbonyl (C=O) groups excluding carboxylic acids is 1. The molecule has 1 aliphatic heterocycles. The van der Waals surface area contributed by atoms with E-state index in [-0.39, 0.29) is 24.7 Å². The quantitative estimate of drug-likeness (QED) is 0.834. The van der Waals surface area contributed by atoms with Gasteiger partial charge in [0, 0.05) is 12.5 Å². The third-order valence-corrected chi connectivity index (χ3v) is 5.25. The van der Waals surface area contributed by atoms with Crippen LogP contribution >= 0.6 is 0 Å². The van der Waals surface area contributed by atoms with Crippen molar-refractivity contribution in [2.24, 2.45) is 0 Å². The van der Waals surface area contributed by atoms with Crippen LogP contribution in [0.15, 0.2) is 4.52 Å². The summed E-state index contributed by atoms with van der Waals surface area (Å²) in [5, 5.41) is 4.12. The normalized spacial score (nSPS) is 25.9. The minimum Gasteiger partial charge on any atom is -0.368 e. The molecule has 23 heavy (non-hydrogen) atoms. The van der Waals surface area contributed by atoms with Gasteiger partial charge in [-0.05, 0) is 38.5 Å². The topological polar surface area (TPSA) is 68.5 Å². The van der Waals surface area contributed by atoms with Crippen molar-refractivity contribution in [1.82, 2.24) is 15.0 Å². The van der Waals surface area contributed by atoms with Crippen molar-refractivity contribution >= 4 is 5.91 Å².